The highest BCUT2D eigenvalue weighted by Gasteiger charge is 2.32. The minimum absolute atomic E-state index is 0.0263. The van der Waals surface area contributed by atoms with Crippen molar-refractivity contribution in [3.05, 3.63) is 34.3 Å². The quantitative estimate of drug-likeness (QED) is 0.624. The minimum Gasteiger partial charge on any atom is -0.340 e. The molecule has 0 spiro atoms. The lowest BCUT2D eigenvalue weighted by Gasteiger charge is -2.31. The van der Waals surface area contributed by atoms with Gasteiger partial charge < -0.3 is 14.8 Å². The average molecular weight is 463 g/mol. The monoisotopic (exact) mass is 462 g/mol. The Bertz CT molecular complexity index is 1020. The van der Waals surface area contributed by atoms with Gasteiger partial charge in [0.1, 0.15) is 5.82 Å². The van der Waals surface area contributed by atoms with Gasteiger partial charge in [-0.1, -0.05) is 23.2 Å². The molecule has 0 radical (unpaired) electrons. The predicted molar refractivity (Wildman–Crippen MR) is 117 cm³/mol. The lowest BCUT2D eigenvalue weighted by Crippen LogP contribution is -2.39. The standard InChI is InChI=1S/C20H24Cl2N8O/c21-14-10-16-17(11-15(14)22)26-20(25-16)18-2-1-6-29(18)19(31)5-9-28-7-3-13(4-8-28)30-24-12-23-27-30/h10-13,18H,1-9H2,(H,25,26)/t18-/m0/s1. The van der Waals surface area contributed by atoms with Crippen LogP contribution in [0.5, 0.6) is 0 Å². The van der Waals surface area contributed by atoms with E-state index in [4.69, 9.17) is 23.2 Å². The Balaban J connectivity index is 1.19. The number of hydrogen-bond donors (Lipinski definition) is 1. The molecular formula is C20H24Cl2N8O. The van der Waals surface area contributed by atoms with Gasteiger partial charge in [0, 0.05) is 32.6 Å². The third-order valence-electron chi connectivity index (χ3n) is 6.32. The van der Waals surface area contributed by atoms with Crippen molar-refractivity contribution in [2.24, 2.45) is 0 Å². The number of nitrogens with zero attached hydrogens (tertiary/aromatic N) is 7. The van der Waals surface area contributed by atoms with Crippen LogP contribution < -0.4 is 0 Å². The Hall–Kier alpha value is -2.23. The second-order valence-corrected chi connectivity index (χ2v) is 9.04. The second-order valence-electron chi connectivity index (χ2n) is 8.23. The van der Waals surface area contributed by atoms with Crippen molar-refractivity contribution in [3.63, 3.8) is 0 Å². The molecular weight excluding hydrogens is 439 g/mol. The largest absolute Gasteiger partial charge is 0.340 e. The molecule has 2 fully saturated rings. The van der Waals surface area contributed by atoms with Gasteiger partial charge in [-0.05, 0) is 43.0 Å². The van der Waals surface area contributed by atoms with Crippen LogP contribution in [0.25, 0.3) is 11.0 Å². The number of halogens is 2. The fourth-order valence-corrected chi connectivity index (χ4v) is 4.97. The zero-order valence-electron chi connectivity index (χ0n) is 17.0. The van der Waals surface area contributed by atoms with Crippen LogP contribution >= 0.6 is 23.2 Å². The molecule has 4 heterocycles. The van der Waals surface area contributed by atoms with Crippen molar-refractivity contribution >= 4 is 40.1 Å². The normalized spacial score (nSPS) is 20.7. The smallest absolute Gasteiger partial charge is 0.224 e. The fraction of sp³-hybridized carbons (Fsp3) is 0.550. The first-order valence-corrected chi connectivity index (χ1v) is 11.4. The summed E-state index contributed by atoms with van der Waals surface area (Å²) >= 11 is 12.3. The highest BCUT2D eigenvalue weighted by Crippen LogP contribution is 2.34. The second kappa shape index (κ2) is 8.72. The number of H-pyrrole nitrogens is 1. The van der Waals surface area contributed by atoms with E-state index < -0.39 is 0 Å². The van der Waals surface area contributed by atoms with Crippen LogP contribution in [0, 0.1) is 0 Å². The number of carbonyl (C=O) groups excluding carboxylic acids is 1. The summed E-state index contributed by atoms with van der Waals surface area (Å²) in [7, 11) is 0. The summed E-state index contributed by atoms with van der Waals surface area (Å²) in [5.41, 5.74) is 1.61. The number of aromatic amines is 1. The molecule has 164 valence electrons. The SMILES string of the molecule is O=C(CCN1CCC(n2ncnn2)CC1)N1CCC[C@H]1c1nc2cc(Cl)c(Cl)cc2[nH]1. The Morgan fingerprint density at radius 2 is 1.94 bits per heavy atom. The van der Waals surface area contributed by atoms with E-state index in [1.165, 1.54) is 6.33 Å². The van der Waals surface area contributed by atoms with Crippen molar-refractivity contribution in [1.29, 1.82) is 0 Å². The van der Waals surface area contributed by atoms with E-state index in [0.29, 0.717) is 22.5 Å². The van der Waals surface area contributed by atoms with Crippen molar-refractivity contribution in [3.8, 4) is 0 Å². The van der Waals surface area contributed by atoms with Gasteiger partial charge in [-0.25, -0.2) is 4.98 Å². The molecule has 9 nitrogen and oxygen atoms in total. The van der Waals surface area contributed by atoms with E-state index in [2.05, 4.69) is 30.3 Å². The molecule has 1 aromatic carbocycles. The molecule has 5 rings (SSSR count). The third kappa shape index (κ3) is 4.26. The van der Waals surface area contributed by atoms with Crippen LogP contribution in [-0.4, -0.2) is 72.1 Å². The number of likely N-dealkylation sites (tertiary alicyclic amines) is 2. The zero-order chi connectivity index (χ0) is 21.4. The van der Waals surface area contributed by atoms with E-state index in [1.807, 2.05) is 4.90 Å². The van der Waals surface area contributed by atoms with Crippen LogP contribution in [0.15, 0.2) is 18.5 Å². The Morgan fingerprint density at radius 1 is 1.13 bits per heavy atom. The van der Waals surface area contributed by atoms with Crippen LogP contribution in [0.2, 0.25) is 10.0 Å². The van der Waals surface area contributed by atoms with Gasteiger partial charge in [0.2, 0.25) is 5.91 Å². The molecule has 2 saturated heterocycles. The van der Waals surface area contributed by atoms with E-state index in [-0.39, 0.29) is 11.9 Å². The van der Waals surface area contributed by atoms with Gasteiger partial charge in [-0.2, -0.15) is 4.80 Å². The average Bonchev–Trinajstić information content (AvgIpc) is 3.53. The number of rotatable bonds is 5. The first kappa shape index (κ1) is 20.7. The van der Waals surface area contributed by atoms with Crippen molar-refractivity contribution in [1.82, 2.24) is 40.0 Å². The lowest BCUT2D eigenvalue weighted by atomic mass is 10.1. The van der Waals surface area contributed by atoms with Crippen LogP contribution in [0.4, 0.5) is 0 Å². The van der Waals surface area contributed by atoms with E-state index in [1.54, 1.807) is 16.9 Å². The van der Waals surface area contributed by atoms with E-state index >= 15 is 0 Å². The first-order chi connectivity index (χ1) is 15.1. The number of imidazole rings is 1. The van der Waals surface area contributed by atoms with E-state index in [9.17, 15) is 4.79 Å². The van der Waals surface area contributed by atoms with Crippen molar-refractivity contribution in [2.75, 3.05) is 26.2 Å². The van der Waals surface area contributed by atoms with E-state index in [0.717, 1.165) is 68.7 Å². The number of hydrogen-bond acceptors (Lipinski definition) is 6. The number of nitrogens with one attached hydrogen (secondary N) is 1. The van der Waals surface area contributed by atoms with Gasteiger partial charge in [0.15, 0.2) is 6.33 Å². The molecule has 0 aliphatic carbocycles. The molecule has 2 aromatic heterocycles. The molecule has 0 bridgehead atoms. The maximum absolute atomic E-state index is 13.0. The minimum atomic E-state index is -0.0263. The molecule has 2 aliphatic heterocycles. The molecule has 0 unspecified atom stereocenters. The highest BCUT2D eigenvalue weighted by atomic mass is 35.5. The summed E-state index contributed by atoms with van der Waals surface area (Å²) in [4.78, 5) is 27.1. The Morgan fingerprint density at radius 3 is 2.71 bits per heavy atom. The van der Waals surface area contributed by atoms with Gasteiger partial charge in [0.25, 0.3) is 0 Å². The van der Waals surface area contributed by atoms with Crippen molar-refractivity contribution < 1.29 is 4.79 Å². The topological polar surface area (TPSA) is 95.8 Å². The number of tetrazole rings is 1. The molecule has 1 N–H and O–H groups in total. The molecule has 3 aromatic rings. The highest BCUT2D eigenvalue weighted by molar-refractivity contribution is 6.42. The zero-order valence-corrected chi connectivity index (χ0v) is 18.6. The van der Waals surface area contributed by atoms with Crippen molar-refractivity contribution in [2.45, 2.75) is 44.2 Å². The lowest BCUT2D eigenvalue weighted by molar-refractivity contribution is -0.132. The number of carbonyl (C=O) groups is 1. The number of piperidine rings is 1. The summed E-state index contributed by atoms with van der Waals surface area (Å²) in [6.07, 6.45) is 5.82. The maximum Gasteiger partial charge on any atom is 0.224 e. The summed E-state index contributed by atoms with van der Waals surface area (Å²) < 4.78 is 0. The summed E-state index contributed by atoms with van der Waals surface area (Å²) in [6.45, 7) is 3.41. The fourth-order valence-electron chi connectivity index (χ4n) is 4.65. The van der Waals surface area contributed by atoms with Gasteiger partial charge in [-0.3, -0.25) is 4.79 Å². The van der Waals surface area contributed by atoms with Crippen LogP contribution in [0.1, 0.15) is 50.0 Å². The number of aromatic nitrogens is 6. The third-order valence-corrected chi connectivity index (χ3v) is 7.04. The van der Waals surface area contributed by atoms with Gasteiger partial charge >= 0.3 is 0 Å². The predicted octanol–water partition coefficient (Wildman–Crippen LogP) is 3.25. The van der Waals surface area contributed by atoms with Gasteiger partial charge in [0.05, 0.1) is 33.2 Å². The molecule has 0 saturated carbocycles. The molecule has 11 heteroatoms. The number of fused-ring (bicyclic) bond motifs is 1. The maximum atomic E-state index is 13.0. The number of benzene rings is 1. The molecule has 31 heavy (non-hydrogen) atoms. The summed E-state index contributed by atoms with van der Waals surface area (Å²) in [6, 6.07) is 3.82. The van der Waals surface area contributed by atoms with Crippen LogP contribution in [-0.2, 0) is 4.79 Å². The Labute approximate surface area is 189 Å². The summed E-state index contributed by atoms with van der Waals surface area (Å²) in [5, 5.41) is 12.9. The first-order valence-electron chi connectivity index (χ1n) is 10.7. The molecule has 1 amide bonds. The molecule has 1 atom stereocenters. The molecule has 2 aliphatic rings. The number of amides is 1. The van der Waals surface area contributed by atoms with Crippen LogP contribution in [0.3, 0.4) is 0 Å². The Kier molecular flexibility index (Phi) is 5.81. The van der Waals surface area contributed by atoms with Gasteiger partial charge in [-0.15, -0.1) is 10.2 Å². The summed E-state index contributed by atoms with van der Waals surface area (Å²) in [5.74, 6) is 0.986.